The van der Waals surface area contributed by atoms with Crippen LogP contribution in [-0.2, 0) is 19.6 Å². The molecule has 0 saturated heterocycles. The van der Waals surface area contributed by atoms with Crippen molar-refractivity contribution >= 4 is 21.6 Å². The van der Waals surface area contributed by atoms with Crippen molar-refractivity contribution in [1.29, 1.82) is 0 Å². The third kappa shape index (κ3) is 2.55. The van der Waals surface area contributed by atoms with Crippen LogP contribution < -0.4 is 11.2 Å². The molecule has 124 valence electrons. The lowest BCUT2D eigenvalue weighted by molar-refractivity contribution is 0.151. The number of nitrogens with one attached hydrogen (secondary N) is 2. The zero-order valence-corrected chi connectivity index (χ0v) is 13.1. The Balaban J connectivity index is 1.65. The van der Waals surface area contributed by atoms with Gasteiger partial charge in [-0.15, -0.1) is 11.3 Å². The number of benzene rings is 1. The first-order chi connectivity index (χ1) is 11.5. The Labute approximate surface area is 137 Å². The molecule has 0 atom stereocenters. The van der Waals surface area contributed by atoms with Gasteiger partial charge < -0.3 is 4.98 Å². The zero-order chi connectivity index (χ0) is 16.8. The van der Waals surface area contributed by atoms with E-state index in [0.717, 1.165) is 21.6 Å². The van der Waals surface area contributed by atoms with E-state index in [4.69, 9.17) is 0 Å². The molecule has 6 nitrogen and oxygen atoms in total. The zero-order valence-electron chi connectivity index (χ0n) is 12.3. The molecule has 24 heavy (non-hydrogen) atoms. The molecule has 3 aromatic rings. The number of aromatic amines is 2. The molecule has 3 heterocycles. The third-order valence-electron chi connectivity index (χ3n) is 3.99. The van der Waals surface area contributed by atoms with Gasteiger partial charge in [-0.1, -0.05) is 12.1 Å². The first-order valence-electron chi connectivity index (χ1n) is 7.24. The number of rotatable bonds is 3. The Bertz CT molecular complexity index is 1040. The molecular formula is C15H12F2N4O2S. The first kappa shape index (κ1) is 15.2. The fraction of sp³-hybridized carbons (Fsp3) is 0.267. The summed E-state index contributed by atoms with van der Waals surface area (Å²) in [5.41, 5.74) is 1.67. The van der Waals surface area contributed by atoms with Crippen LogP contribution in [0.3, 0.4) is 0 Å². The average molecular weight is 350 g/mol. The molecule has 0 spiro atoms. The van der Waals surface area contributed by atoms with Crippen LogP contribution in [0, 0.1) is 0 Å². The summed E-state index contributed by atoms with van der Waals surface area (Å²) in [6.07, 6.45) is -2.59. The largest absolute Gasteiger partial charge is 0.325 e. The number of aromatic nitrogens is 3. The van der Waals surface area contributed by atoms with E-state index in [1.807, 2.05) is 11.0 Å². The van der Waals surface area contributed by atoms with Gasteiger partial charge in [-0.2, -0.15) is 0 Å². The van der Waals surface area contributed by atoms with Crippen LogP contribution in [0.15, 0.2) is 27.8 Å². The van der Waals surface area contributed by atoms with E-state index in [9.17, 15) is 18.4 Å². The van der Waals surface area contributed by atoms with Gasteiger partial charge in [-0.25, -0.2) is 18.6 Å². The molecule has 0 bridgehead atoms. The van der Waals surface area contributed by atoms with Gasteiger partial charge in [0.15, 0.2) is 5.01 Å². The monoisotopic (exact) mass is 350 g/mol. The summed E-state index contributed by atoms with van der Waals surface area (Å²) in [6, 6.07) is 5.36. The SMILES string of the molecule is O=c1[nH]c2c(c(=O)[nH]1)CN(Cc1cccc3nc(C(F)F)sc13)C2. The van der Waals surface area contributed by atoms with E-state index >= 15 is 0 Å². The van der Waals surface area contributed by atoms with E-state index in [2.05, 4.69) is 15.0 Å². The van der Waals surface area contributed by atoms with E-state index in [1.165, 1.54) is 0 Å². The number of halogens is 2. The Morgan fingerprint density at radius 1 is 1.25 bits per heavy atom. The van der Waals surface area contributed by atoms with Crippen molar-refractivity contribution in [3.63, 3.8) is 0 Å². The van der Waals surface area contributed by atoms with Crippen molar-refractivity contribution in [1.82, 2.24) is 19.9 Å². The number of H-pyrrole nitrogens is 2. The quantitative estimate of drug-likeness (QED) is 0.758. The lowest BCUT2D eigenvalue weighted by Crippen LogP contribution is -2.25. The highest BCUT2D eigenvalue weighted by atomic mass is 32.1. The van der Waals surface area contributed by atoms with Crippen LogP contribution in [0.2, 0.25) is 0 Å². The van der Waals surface area contributed by atoms with E-state index in [-0.39, 0.29) is 10.6 Å². The fourth-order valence-corrected chi connectivity index (χ4v) is 3.88. The molecular weight excluding hydrogens is 338 g/mol. The molecule has 2 N–H and O–H groups in total. The van der Waals surface area contributed by atoms with Gasteiger partial charge in [0, 0.05) is 25.3 Å². The molecule has 0 saturated carbocycles. The summed E-state index contributed by atoms with van der Waals surface area (Å²) < 4.78 is 26.5. The van der Waals surface area contributed by atoms with E-state index in [1.54, 1.807) is 12.1 Å². The molecule has 0 aliphatic carbocycles. The smallest absolute Gasteiger partial charge is 0.310 e. The van der Waals surface area contributed by atoms with E-state index < -0.39 is 12.1 Å². The number of fused-ring (bicyclic) bond motifs is 2. The molecule has 0 fully saturated rings. The topological polar surface area (TPSA) is 81.8 Å². The number of nitrogens with zero attached hydrogens (tertiary/aromatic N) is 2. The molecule has 1 aliphatic heterocycles. The lowest BCUT2D eigenvalue weighted by atomic mass is 10.2. The minimum atomic E-state index is -2.59. The molecule has 1 aliphatic rings. The Morgan fingerprint density at radius 2 is 2.08 bits per heavy atom. The molecule has 0 radical (unpaired) electrons. The average Bonchev–Trinajstić information content (AvgIpc) is 3.11. The van der Waals surface area contributed by atoms with Crippen LogP contribution >= 0.6 is 11.3 Å². The van der Waals surface area contributed by atoms with Crippen LogP contribution in [0.4, 0.5) is 8.78 Å². The summed E-state index contributed by atoms with van der Waals surface area (Å²) in [5.74, 6) is 0. The van der Waals surface area contributed by atoms with Crippen molar-refractivity contribution in [2.45, 2.75) is 26.1 Å². The summed E-state index contributed by atoms with van der Waals surface area (Å²) >= 11 is 0.991. The van der Waals surface area contributed by atoms with Crippen molar-refractivity contribution in [2.24, 2.45) is 0 Å². The first-order valence-corrected chi connectivity index (χ1v) is 8.06. The van der Waals surface area contributed by atoms with Gasteiger partial charge in [0.05, 0.1) is 15.8 Å². The second-order valence-corrected chi connectivity index (χ2v) is 6.66. The normalized spacial score (nSPS) is 14.6. The fourth-order valence-electron chi connectivity index (χ4n) is 2.96. The number of alkyl halides is 2. The van der Waals surface area contributed by atoms with Gasteiger partial charge >= 0.3 is 5.69 Å². The predicted molar refractivity (Wildman–Crippen MR) is 85.2 cm³/mol. The molecule has 4 rings (SSSR count). The predicted octanol–water partition coefficient (Wildman–Crippen LogP) is 2.13. The van der Waals surface area contributed by atoms with Gasteiger partial charge in [0.25, 0.3) is 12.0 Å². The Kier molecular flexibility index (Phi) is 3.54. The van der Waals surface area contributed by atoms with Crippen molar-refractivity contribution in [2.75, 3.05) is 0 Å². The maximum Gasteiger partial charge on any atom is 0.325 e. The van der Waals surface area contributed by atoms with Gasteiger partial charge in [0.2, 0.25) is 0 Å². The summed E-state index contributed by atoms with van der Waals surface area (Å²) in [5, 5.41) is -0.192. The Morgan fingerprint density at radius 3 is 2.88 bits per heavy atom. The minimum Gasteiger partial charge on any atom is -0.310 e. The summed E-state index contributed by atoms with van der Waals surface area (Å²) in [6.45, 7) is 1.32. The van der Waals surface area contributed by atoms with Gasteiger partial charge in [0.1, 0.15) is 0 Å². The van der Waals surface area contributed by atoms with Gasteiger partial charge in [-0.05, 0) is 11.6 Å². The molecule has 2 aromatic heterocycles. The lowest BCUT2D eigenvalue weighted by Gasteiger charge is -2.14. The van der Waals surface area contributed by atoms with E-state index in [0.29, 0.717) is 36.4 Å². The molecule has 0 amide bonds. The molecule has 0 unspecified atom stereocenters. The highest BCUT2D eigenvalue weighted by Gasteiger charge is 2.24. The van der Waals surface area contributed by atoms with Crippen LogP contribution in [0.5, 0.6) is 0 Å². The van der Waals surface area contributed by atoms with Gasteiger partial charge in [-0.3, -0.25) is 14.7 Å². The van der Waals surface area contributed by atoms with Crippen LogP contribution in [-0.4, -0.2) is 19.9 Å². The maximum atomic E-state index is 12.9. The standard InChI is InChI=1S/C15H12F2N4O2S/c16-12(17)14-18-9-3-1-2-7(11(9)24-14)4-21-5-8-10(6-21)19-15(23)20-13(8)22/h1-3,12H,4-6H2,(H2,19,20,22,23). The highest BCUT2D eigenvalue weighted by molar-refractivity contribution is 7.18. The highest BCUT2D eigenvalue weighted by Crippen LogP contribution is 2.32. The van der Waals surface area contributed by atoms with Crippen molar-refractivity contribution in [3.05, 3.63) is 60.9 Å². The number of hydrogen-bond donors (Lipinski definition) is 2. The second kappa shape index (κ2) is 5.60. The molecule has 1 aromatic carbocycles. The molecule has 9 heteroatoms. The number of hydrogen-bond acceptors (Lipinski definition) is 5. The Hall–Kier alpha value is -2.39. The second-order valence-electron chi connectivity index (χ2n) is 5.63. The summed E-state index contributed by atoms with van der Waals surface area (Å²) in [7, 11) is 0. The van der Waals surface area contributed by atoms with Crippen molar-refractivity contribution in [3.8, 4) is 0 Å². The van der Waals surface area contributed by atoms with Crippen molar-refractivity contribution < 1.29 is 8.78 Å². The summed E-state index contributed by atoms with van der Waals surface area (Å²) in [4.78, 5) is 34.0. The number of thiazole rings is 1. The minimum absolute atomic E-state index is 0.192. The third-order valence-corrected chi connectivity index (χ3v) is 5.14. The van der Waals surface area contributed by atoms with Crippen LogP contribution in [0.1, 0.15) is 28.3 Å². The van der Waals surface area contributed by atoms with Crippen LogP contribution in [0.25, 0.3) is 10.2 Å². The maximum absolute atomic E-state index is 12.9.